The molecule has 1 aromatic rings. The van der Waals surface area contributed by atoms with Crippen LogP contribution in [0.3, 0.4) is 0 Å². The van der Waals surface area contributed by atoms with E-state index in [4.69, 9.17) is 5.14 Å². The molecule has 0 aliphatic heterocycles. The fourth-order valence-corrected chi connectivity index (χ4v) is 3.15. The molecular formula is C11H16I2N2O2S. The van der Waals surface area contributed by atoms with Crippen molar-refractivity contribution in [1.29, 1.82) is 0 Å². The highest BCUT2D eigenvalue weighted by atomic mass is 127. The van der Waals surface area contributed by atoms with Gasteiger partial charge in [0.2, 0.25) is 10.0 Å². The van der Waals surface area contributed by atoms with Crippen LogP contribution in [0.25, 0.3) is 0 Å². The minimum Gasteiger partial charge on any atom is -0.370 e. The summed E-state index contributed by atoms with van der Waals surface area (Å²) in [4.78, 5) is 2.40. The number of anilines is 1. The predicted octanol–water partition coefficient (Wildman–Crippen LogP) is 2.40. The Morgan fingerprint density at radius 2 is 1.89 bits per heavy atom. The first-order chi connectivity index (χ1) is 8.34. The van der Waals surface area contributed by atoms with Crippen LogP contribution in [-0.4, -0.2) is 29.9 Å². The van der Waals surface area contributed by atoms with Gasteiger partial charge in [-0.1, -0.05) is 52.1 Å². The molecule has 0 aromatic heterocycles. The van der Waals surface area contributed by atoms with Crippen LogP contribution in [0, 0.1) is 0 Å². The van der Waals surface area contributed by atoms with Crippen LogP contribution < -0.4 is 10.0 Å². The van der Waals surface area contributed by atoms with Gasteiger partial charge in [-0.3, -0.25) is 0 Å². The van der Waals surface area contributed by atoms with Gasteiger partial charge in [-0.2, -0.15) is 0 Å². The van der Waals surface area contributed by atoms with Crippen LogP contribution in [0.1, 0.15) is 6.92 Å². The van der Waals surface area contributed by atoms with E-state index in [2.05, 4.69) is 57.0 Å². The standard InChI is InChI=1S/C11H16I2N2O2S/c1-9(13)8-15(7-6-12)10-2-4-11(5-3-10)18(14,16)17/h2-5,9H,6-8H2,1H3,(H2,14,16,17)/t9-/m0/s1. The minimum atomic E-state index is -3.60. The first kappa shape index (κ1) is 16.4. The van der Waals surface area contributed by atoms with E-state index >= 15 is 0 Å². The van der Waals surface area contributed by atoms with Gasteiger partial charge in [-0.15, -0.1) is 0 Å². The summed E-state index contributed by atoms with van der Waals surface area (Å²) in [5.41, 5.74) is 1.03. The molecule has 0 radical (unpaired) electrons. The number of sulfonamides is 1. The highest BCUT2D eigenvalue weighted by molar-refractivity contribution is 14.1. The van der Waals surface area contributed by atoms with E-state index in [1.807, 2.05) is 12.1 Å². The maximum absolute atomic E-state index is 11.2. The lowest BCUT2D eigenvalue weighted by atomic mass is 10.2. The van der Waals surface area contributed by atoms with Gasteiger partial charge in [0.25, 0.3) is 0 Å². The summed E-state index contributed by atoms with van der Waals surface area (Å²) in [6.07, 6.45) is 0. The molecule has 0 spiro atoms. The molecule has 0 bridgehead atoms. The summed E-state index contributed by atoms with van der Waals surface area (Å²) in [6, 6.07) is 6.74. The molecule has 0 aliphatic carbocycles. The Bertz CT molecular complexity index is 474. The molecular weight excluding hydrogens is 478 g/mol. The summed E-state index contributed by atoms with van der Waals surface area (Å²) in [5.74, 6) is 0. The highest BCUT2D eigenvalue weighted by Gasteiger charge is 2.11. The summed E-state index contributed by atoms with van der Waals surface area (Å²) in [5, 5.41) is 5.08. The Morgan fingerprint density at radius 1 is 1.33 bits per heavy atom. The molecule has 0 unspecified atom stereocenters. The lowest BCUT2D eigenvalue weighted by Gasteiger charge is -2.25. The van der Waals surface area contributed by atoms with E-state index in [0.29, 0.717) is 3.92 Å². The number of hydrogen-bond donors (Lipinski definition) is 1. The highest BCUT2D eigenvalue weighted by Crippen LogP contribution is 2.19. The van der Waals surface area contributed by atoms with E-state index in [0.717, 1.165) is 23.2 Å². The molecule has 0 saturated carbocycles. The SMILES string of the molecule is C[C@H](I)CN(CCI)c1ccc(S(N)(=O)=O)cc1. The van der Waals surface area contributed by atoms with E-state index in [1.54, 1.807) is 12.1 Å². The second-order valence-electron chi connectivity index (χ2n) is 3.95. The van der Waals surface area contributed by atoms with E-state index in [1.165, 1.54) is 0 Å². The number of benzene rings is 1. The van der Waals surface area contributed by atoms with Crippen molar-refractivity contribution in [3.8, 4) is 0 Å². The number of alkyl halides is 2. The Labute approximate surface area is 136 Å². The third-order valence-electron chi connectivity index (χ3n) is 2.36. The van der Waals surface area contributed by atoms with Crippen LogP contribution in [0.15, 0.2) is 29.2 Å². The summed E-state index contributed by atoms with van der Waals surface area (Å²) in [7, 11) is -3.60. The van der Waals surface area contributed by atoms with Crippen molar-refractivity contribution in [1.82, 2.24) is 0 Å². The van der Waals surface area contributed by atoms with Crippen molar-refractivity contribution in [3.05, 3.63) is 24.3 Å². The van der Waals surface area contributed by atoms with Gasteiger partial charge in [0, 0.05) is 27.1 Å². The fourth-order valence-electron chi connectivity index (χ4n) is 1.58. The Balaban J connectivity index is 2.93. The predicted molar refractivity (Wildman–Crippen MR) is 92.4 cm³/mol. The Hall–Kier alpha value is 0.390. The third-order valence-corrected chi connectivity index (χ3v) is 4.16. The van der Waals surface area contributed by atoms with Crippen LogP contribution >= 0.6 is 45.2 Å². The summed E-state index contributed by atoms with van der Waals surface area (Å²) in [6.45, 7) is 4.04. The number of nitrogens with zero attached hydrogens (tertiary/aromatic N) is 1. The largest absolute Gasteiger partial charge is 0.370 e. The molecule has 1 rings (SSSR count). The van der Waals surface area contributed by atoms with Crippen LogP contribution in [0.5, 0.6) is 0 Å². The van der Waals surface area contributed by atoms with Crippen LogP contribution in [-0.2, 0) is 10.0 Å². The molecule has 0 fully saturated rings. The van der Waals surface area contributed by atoms with Crippen molar-refractivity contribution >= 4 is 60.9 Å². The molecule has 0 saturated heterocycles. The molecule has 4 nitrogen and oxygen atoms in total. The molecule has 102 valence electrons. The zero-order valence-electron chi connectivity index (χ0n) is 10.0. The Kier molecular flexibility index (Phi) is 6.62. The van der Waals surface area contributed by atoms with Crippen molar-refractivity contribution in [2.24, 2.45) is 5.14 Å². The van der Waals surface area contributed by atoms with Crippen LogP contribution in [0.2, 0.25) is 0 Å². The van der Waals surface area contributed by atoms with E-state index in [-0.39, 0.29) is 4.90 Å². The summed E-state index contributed by atoms with van der Waals surface area (Å²) >= 11 is 4.72. The quantitative estimate of drug-likeness (QED) is 0.489. The molecule has 0 amide bonds. The summed E-state index contributed by atoms with van der Waals surface area (Å²) < 4.78 is 23.9. The lowest BCUT2D eigenvalue weighted by Crippen LogP contribution is -2.30. The molecule has 0 heterocycles. The molecule has 1 aromatic carbocycles. The molecule has 7 heteroatoms. The zero-order valence-corrected chi connectivity index (χ0v) is 15.1. The van der Waals surface area contributed by atoms with Crippen molar-refractivity contribution in [2.75, 3.05) is 22.4 Å². The molecule has 2 N–H and O–H groups in total. The Morgan fingerprint density at radius 3 is 2.28 bits per heavy atom. The van der Waals surface area contributed by atoms with Crippen LogP contribution in [0.4, 0.5) is 5.69 Å². The number of halogens is 2. The third kappa shape index (κ3) is 5.17. The van der Waals surface area contributed by atoms with Gasteiger partial charge in [-0.05, 0) is 24.3 Å². The maximum Gasteiger partial charge on any atom is 0.238 e. The van der Waals surface area contributed by atoms with Gasteiger partial charge < -0.3 is 4.90 Å². The number of nitrogens with two attached hydrogens (primary N) is 1. The van der Waals surface area contributed by atoms with Gasteiger partial charge in [0.1, 0.15) is 0 Å². The molecule has 0 aliphatic rings. The van der Waals surface area contributed by atoms with Gasteiger partial charge in [-0.25, -0.2) is 13.6 Å². The average molecular weight is 494 g/mol. The monoisotopic (exact) mass is 494 g/mol. The van der Waals surface area contributed by atoms with E-state index < -0.39 is 10.0 Å². The fraction of sp³-hybridized carbons (Fsp3) is 0.455. The minimum absolute atomic E-state index is 0.156. The van der Waals surface area contributed by atoms with Gasteiger partial charge in [0.05, 0.1) is 4.90 Å². The number of primary sulfonamides is 1. The normalized spacial score (nSPS) is 13.3. The first-order valence-corrected chi connectivity index (χ1v) is 9.74. The van der Waals surface area contributed by atoms with E-state index in [9.17, 15) is 8.42 Å². The van der Waals surface area contributed by atoms with Gasteiger partial charge in [0.15, 0.2) is 0 Å². The number of rotatable bonds is 6. The smallest absolute Gasteiger partial charge is 0.238 e. The first-order valence-electron chi connectivity index (χ1n) is 5.42. The molecule has 1 atom stereocenters. The zero-order chi connectivity index (χ0) is 13.8. The van der Waals surface area contributed by atoms with Crippen molar-refractivity contribution in [3.63, 3.8) is 0 Å². The van der Waals surface area contributed by atoms with Gasteiger partial charge >= 0.3 is 0 Å². The van der Waals surface area contributed by atoms with Crippen molar-refractivity contribution < 1.29 is 8.42 Å². The molecule has 18 heavy (non-hydrogen) atoms. The van der Waals surface area contributed by atoms with Crippen molar-refractivity contribution in [2.45, 2.75) is 15.7 Å². The lowest BCUT2D eigenvalue weighted by molar-refractivity contribution is 0.598. The average Bonchev–Trinajstić information content (AvgIpc) is 2.27. The topological polar surface area (TPSA) is 63.4 Å². The second kappa shape index (κ2) is 7.25. The maximum atomic E-state index is 11.2. The second-order valence-corrected chi connectivity index (χ2v) is 8.72. The number of hydrogen-bond acceptors (Lipinski definition) is 3.